The number of ether oxygens (including phenoxy) is 1. The van der Waals surface area contributed by atoms with Crippen molar-refractivity contribution in [1.29, 1.82) is 0 Å². The van der Waals surface area contributed by atoms with E-state index in [1.807, 2.05) is 0 Å². The standard InChI is InChI=1S/C13H16ClNO4S/c1-20(17,18)12-4-2-10(3-5-12)13(16)15-6-7-19-9-11(15)8-14/h2-5,11H,6-9H2,1H3. The van der Waals surface area contributed by atoms with Crippen molar-refractivity contribution in [2.45, 2.75) is 10.9 Å². The van der Waals surface area contributed by atoms with Gasteiger partial charge in [0.05, 0.1) is 24.2 Å². The highest BCUT2D eigenvalue weighted by atomic mass is 35.5. The predicted molar refractivity (Wildman–Crippen MR) is 75.9 cm³/mol. The molecule has 1 unspecified atom stereocenters. The number of amides is 1. The van der Waals surface area contributed by atoms with E-state index in [0.29, 0.717) is 31.2 Å². The summed E-state index contributed by atoms with van der Waals surface area (Å²) in [4.78, 5) is 14.3. The van der Waals surface area contributed by atoms with Crippen molar-refractivity contribution in [3.8, 4) is 0 Å². The number of nitrogens with zero attached hydrogens (tertiary/aromatic N) is 1. The monoisotopic (exact) mass is 317 g/mol. The number of rotatable bonds is 3. The van der Waals surface area contributed by atoms with Crippen molar-refractivity contribution in [1.82, 2.24) is 4.90 Å². The van der Waals surface area contributed by atoms with Crippen LogP contribution in [-0.2, 0) is 14.6 Å². The van der Waals surface area contributed by atoms with Crippen LogP contribution in [0.1, 0.15) is 10.4 Å². The molecule has 0 aromatic heterocycles. The number of sulfone groups is 1. The van der Waals surface area contributed by atoms with E-state index < -0.39 is 9.84 Å². The summed E-state index contributed by atoms with van der Waals surface area (Å²) in [5.74, 6) is 0.159. The molecule has 0 aliphatic carbocycles. The molecule has 2 rings (SSSR count). The first kappa shape index (κ1) is 15.3. The van der Waals surface area contributed by atoms with Gasteiger partial charge in [0, 0.05) is 24.2 Å². The van der Waals surface area contributed by atoms with Gasteiger partial charge >= 0.3 is 0 Å². The van der Waals surface area contributed by atoms with Gasteiger partial charge in [0.15, 0.2) is 9.84 Å². The lowest BCUT2D eigenvalue weighted by Gasteiger charge is -2.34. The SMILES string of the molecule is CS(=O)(=O)c1ccc(C(=O)N2CCOCC2CCl)cc1. The Morgan fingerprint density at radius 2 is 2.05 bits per heavy atom. The molecule has 20 heavy (non-hydrogen) atoms. The normalized spacial score (nSPS) is 19.9. The smallest absolute Gasteiger partial charge is 0.254 e. The second-order valence-corrected chi connectivity index (χ2v) is 7.00. The maximum absolute atomic E-state index is 12.4. The van der Waals surface area contributed by atoms with Crippen LogP contribution in [0.15, 0.2) is 29.2 Å². The van der Waals surface area contributed by atoms with E-state index in [9.17, 15) is 13.2 Å². The van der Waals surface area contributed by atoms with Crippen LogP contribution in [0.2, 0.25) is 0 Å². The molecule has 7 heteroatoms. The lowest BCUT2D eigenvalue weighted by Crippen LogP contribution is -2.49. The Morgan fingerprint density at radius 3 is 2.60 bits per heavy atom. The van der Waals surface area contributed by atoms with Crippen LogP contribution in [0, 0.1) is 0 Å². The molecular formula is C13H16ClNO4S. The van der Waals surface area contributed by atoms with Gasteiger partial charge in [0.2, 0.25) is 0 Å². The lowest BCUT2D eigenvalue weighted by atomic mass is 10.1. The molecule has 1 aliphatic heterocycles. The quantitative estimate of drug-likeness (QED) is 0.785. The summed E-state index contributed by atoms with van der Waals surface area (Å²) in [5.41, 5.74) is 0.453. The third-order valence-corrected chi connectivity index (χ3v) is 4.68. The number of halogens is 1. The molecule has 0 N–H and O–H groups in total. The molecule has 1 atom stereocenters. The molecule has 1 amide bonds. The predicted octanol–water partition coefficient (Wildman–Crippen LogP) is 1.17. The summed E-state index contributed by atoms with van der Waals surface area (Å²) in [6.07, 6.45) is 1.13. The van der Waals surface area contributed by atoms with E-state index in [4.69, 9.17) is 16.3 Å². The van der Waals surface area contributed by atoms with Crippen LogP contribution < -0.4 is 0 Å². The van der Waals surface area contributed by atoms with Crippen molar-refractivity contribution in [2.75, 3.05) is 31.9 Å². The third kappa shape index (κ3) is 3.31. The van der Waals surface area contributed by atoms with Crippen LogP contribution >= 0.6 is 11.6 Å². The number of morpholine rings is 1. The van der Waals surface area contributed by atoms with E-state index in [1.54, 1.807) is 4.90 Å². The molecule has 0 radical (unpaired) electrons. The number of carbonyl (C=O) groups excluding carboxylic acids is 1. The van der Waals surface area contributed by atoms with Crippen LogP contribution in [0.3, 0.4) is 0 Å². The molecule has 1 fully saturated rings. The second kappa shape index (κ2) is 6.11. The average Bonchev–Trinajstić information content (AvgIpc) is 2.45. The van der Waals surface area contributed by atoms with Gasteiger partial charge in [0.25, 0.3) is 5.91 Å². The molecule has 1 aliphatic rings. The zero-order chi connectivity index (χ0) is 14.8. The topological polar surface area (TPSA) is 63.7 Å². The molecule has 0 bridgehead atoms. The Kier molecular flexibility index (Phi) is 4.67. The summed E-state index contributed by atoms with van der Waals surface area (Å²) in [7, 11) is -3.25. The molecule has 5 nitrogen and oxygen atoms in total. The molecule has 1 aromatic carbocycles. The minimum Gasteiger partial charge on any atom is -0.377 e. The Bertz CT molecular complexity index is 585. The zero-order valence-corrected chi connectivity index (χ0v) is 12.7. The van der Waals surface area contributed by atoms with Gasteiger partial charge in [-0.3, -0.25) is 4.79 Å². The van der Waals surface area contributed by atoms with Crippen LogP contribution in [0.25, 0.3) is 0 Å². The molecule has 0 spiro atoms. The Balaban J connectivity index is 2.20. The fourth-order valence-corrected chi connectivity index (χ4v) is 2.95. The third-order valence-electron chi connectivity index (χ3n) is 3.20. The highest BCUT2D eigenvalue weighted by Crippen LogP contribution is 2.16. The van der Waals surface area contributed by atoms with Crippen molar-refractivity contribution >= 4 is 27.3 Å². The van der Waals surface area contributed by atoms with Crippen molar-refractivity contribution < 1.29 is 17.9 Å². The number of alkyl halides is 1. The van der Waals surface area contributed by atoms with Crippen LogP contribution in [0.4, 0.5) is 0 Å². The fourth-order valence-electron chi connectivity index (χ4n) is 2.06. The summed E-state index contributed by atoms with van der Waals surface area (Å²) in [5, 5.41) is 0. The minimum absolute atomic E-state index is 0.146. The van der Waals surface area contributed by atoms with E-state index in [1.165, 1.54) is 24.3 Å². The van der Waals surface area contributed by atoms with E-state index in [0.717, 1.165) is 6.26 Å². The van der Waals surface area contributed by atoms with E-state index >= 15 is 0 Å². The van der Waals surface area contributed by atoms with Gasteiger partial charge in [-0.25, -0.2) is 8.42 Å². The first-order valence-corrected chi connectivity index (χ1v) is 8.61. The minimum atomic E-state index is -3.25. The fraction of sp³-hybridized carbons (Fsp3) is 0.462. The first-order chi connectivity index (χ1) is 9.43. The summed E-state index contributed by atoms with van der Waals surface area (Å²) < 4.78 is 28.1. The summed E-state index contributed by atoms with van der Waals surface area (Å²) in [6.45, 7) is 1.40. The first-order valence-electron chi connectivity index (χ1n) is 6.18. The molecule has 110 valence electrons. The Labute approximate surface area is 123 Å². The number of carbonyl (C=O) groups is 1. The summed E-state index contributed by atoms with van der Waals surface area (Å²) >= 11 is 5.84. The molecule has 1 saturated heterocycles. The maximum Gasteiger partial charge on any atom is 0.254 e. The Hall–Kier alpha value is -1.11. The molecule has 1 aromatic rings. The van der Waals surface area contributed by atoms with Crippen LogP contribution in [-0.4, -0.2) is 57.2 Å². The van der Waals surface area contributed by atoms with E-state index in [2.05, 4.69) is 0 Å². The highest BCUT2D eigenvalue weighted by molar-refractivity contribution is 7.90. The van der Waals surface area contributed by atoms with Crippen molar-refractivity contribution in [3.05, 3.63) is 29.8 Å². The Morgan fingerprint density at radius 1 is 1.40 bits per heavy atom. The van der Waals surface area contributed by atoms with Gasteiger partial charge in [-0.05, 0) is 24.3 Å². The number of benzene rings is 1. The summed E-state index contributed by atoms with van der Waals surface area (Å²) in [6, 6.07) is 5.80. The van der Waals surface area contributed by atoms with E-state index in [-0.39, 0.29) is 16.8 Å². The zero-order valence-electron chi connectivity index (χ0n) is 11.1. The number of hydrogen-bond acceptors (Lipinski definition) is 4. The average molecular weight is 318 g/mol. The van der Waals surface area contributed by atoms with Crippen LogP contribution in [0.5, 0.6) is 0 Å². The largest absolute Gasteiger partial charge is 0.377 e. The number of hydrogen-bond donors (Lipinski definition) is 0. The van der Waals surface area contributed by atoms with Gasteiger partial charge in [-0.2, -0.15) is 0 Å². The molecular weight excluding hydrogens is 302 g/mol. The maximum atomic E-state index is 12.4. The highest BCUT2D eigenvalue weighted by Gasteiger charge is 2.27. The molecule has 1 heterocycles. The van der Waals surface area contributed by atoms with Gasteiger partial charge in [0.1, 0.15) is 0 Å². The molecule has 0 saturated carbocycles. The van der Waals surface area contributed by atoms with Crippen molar-refractivity contribution in [3.63, 3.8) is 0 Å². The van der Waals surface area contributed by atoms with Gasteiger partial charge in [-0.1, -0.05) is 0 Å². The van der Waals surface area contributed by atoms with Gasteiger partial charge in [-0.15, -0.1) is 11.6 Å². The second-order valence-electron chi connectivity index (χ2n) is 4.68. The van der Waals surface area contributed by atoms with Gasteiger partial charge < -0.3 is 9.64 Å². The lowest BCUT2D eigenvalue weighted by molar-refractivity contribution is 0.00456. The van der Waals surface area contributed by atoms with Crippen molar-refractivity contribution in [2.24, 2.45) is 0 Å².